The number of hydrogen-bond acceptors (Lipinski definition) is 1. The molecule has 0 aliphatic heterocycles. The molecule has 1 nitrogen and oxygen atoms in total. The van der Waals surface area contributed by atoms with Gasteiger partial charge < -0.3 is 5.11 Å². The van der Waals surface area contributed by atoms with Crippen molar-refractivity contribution in [2.45, 2.75) is 32.6 Å². The summed E-state index contributed by atoms with van der Waals surface area (Å²) in [7, 11) is 0. The van der Waals surface area contributed by atoms with Gasteiger partial charge in [0.2, 0.25) is 0 Å². The second-order valence-electron chi connectivity index (χ2n) is 4.41. The molecule has 0 amide bonds. The number of benzene rings is 1. The maximum Gasteiger partial charge on any atom is 0.123 e. The van der Waals surface area contributed by atoms with Crippen LogP contribution in [0.5, 0.6) is 0 Å². The highest BCUT2D eigenvalue weighted by atomic mass is 19.1. The molecule has 0 saturated heterocycles. The molecule has 0 spiro atoms. The average Bonchev–Trinajstić information content (AvgIpc) is 2.18. The lowest BCUT2D eigenvalue weighted by atomic mass is 9.92. The minimum absolute atomic E-state index is 0.0723. The molecule has 1 unspecified atom stereocenters. The van der Waals surface area contributed by atoms with Crippen LogP contribution < -0.4 is 0 Å². The third kappa shape index (κ3) is 4.00. The molecule has 0 aromatic heterocycles. The first kappa shape index (κ1) is 12.2. The smallest absolute Gasteiger partial charge is 0.123 e. The molecular weight excluding hydrogens is 191 g/mol. The lowest BCUT2D eigenvalue weighted by Crippen LogP contribution is -2.06. The van der Waals surface area contributed by atoms with Gasteiger partial charge in [0, 0.05) is 12.5 Å². The minimum atomic E-state index is -0.226. The van der Waals surface area contributed by atoms with E-state index in [1.165, 1.54) is 12.1 Å². The third-order valence-electron chi connectivity index (χ3n) is 2.63. The van der Waals surface area contributed by atoms with Gasteiger partial charge in [0.25, 0.3) is 0 Å². The molecule has 2 heteroatoms. The summed E-state index contributed by atoms with van der Waals surface area (Å²) < 4.78 is 13.0. The molecule has 0 saturated carbocycles. The second-order valence-corrected chi connectivity index (χ2v) is 4.41. The van der Waals surface area contributed by atoms with Gasteiger partial charge in [-0.05, 0) is 30.0 Å². The van der Waals surface area contributed by atoms with E-state index >= 15 is 0 Å². The Balaban J connectivity index is 2.65. The van der Waals surface area contributed by atoms with Crippen molar-refractivity contribution in [2.75, 3.05) is 6.61 Å². The Morgan fingerprint density at radius 3 is 2.53 bits per heavy atom. The summed E-state index contributed by atoms with van der Waals surface area (Å²) in [5.41, 5.74) is 0.901. The number of halogens is 1. The number of aliphatic hydroxyl groups excluding tert-OH is 1. The molecule has 0 aliphatic rings. The Hall–Kier alpha value is -0.890. The van der Waals surface area contributed by atoms with Crippen molar-refractivity contribution in [2.24, 2.45) is 5.92 Å². The molecule has 1 aromatic rings. The first-order valence-electron chi connectivity index (χ1n) is 5.49. The van der Waals surface area contributed by atoms with Gasteiger partial charge in [0.15, 0.2) is 0 Å². The van der Waals surface area contributed by atoms with E-state index in [1.54, 1.807) is 6.07 Å². The highest BCUT2D eigenvalue weighted by molar-refractivity contribution is 5.20. The third-order valence-corrected chi connectivity index (χ3v) is 2.63. The van der Waals surface area contributed by atoms with Crippen LogP contribution in [0.4, 0.5) is 4.39 Å². The Kier molecular flexibility index (Phi) is 4.76. The lowest BCUT2D eigenvalue weighted by Gasteiger charge is -2.15. The molecule has 0 fully saturated rings. The van der Waals surface area contributed by atoms with Gasteiger partial charge in [-0.2, -0.15) is 0 Å². The summed E-state index contributed by atoms with van der Waals surface area (Å²) in [6.45, 7) is 4.40. The van der Waals surface area contributed by atoms with E-state index < -0.39 is 0 Å². The van der Waals surface area contributed by atoms with Crippen LogP contribution >= 0.6 is 0 Å². The SMILES string of the molecule is CC(C)CCC(CO)c1cccc(F)c1. The maximum absolute atomic E-state index is 13.0. The van der Waals surface area contributed by atoms with Gasteiger partial charge in [-0.15, -0.1) is 0 Å². The minimum Gasteiger partial charge on any atom is -0.396 e. The normalized spacial score (nSPS) is 13.1. The zero-order chi connectivity index (χ0) is 11.3. The van der Waals surface area contributed by atoms with Crippen molar-refractivity contribution in [1.29, 1.82) is 0 Å². The van der Waals surface area contributed by atoms with E-state index in [0.29, 0.717) is 5.92 Å². The van der Waals surface area contributed by atoms with E-state index in [4.69, 9.17) is 0 Å². The molecule has 0 heterocycles. The van der Waals surface area contributed by atoms with Crippen LogP contribution in [-0.4, -0.2) is 11.7 Å². The van der Waals surface area contributed by atoms with E-state index in [1.807, 2.05) is 6.07 Å². The predicted molar refractivity (Wildman–Crippen MR) is 60.3 cm³/mol. The van der Waals surface area contributed by atoms with Crippen LogP contribution in [0.2, 0.25) is 0 Å². The van der Waals surface area contributed by atoms with Gasteiger partial charge in [-0.1, -0.05) is 32.4 Å². The van der Waals surface area contributed by atoms with Crippen LogP contribution in [0.25, 0.3) is 0 Å². The number of rotatable bonds is 5. The fraction of sp³-hybridized carbons (Fsp3) is 0.538. The molecule has 0 aliphatic carbocycles. The zero-order valence-electron chi connectivity index (χ0n) is 9.41. The molecule has 1 atom stereocenters. The standard InChI is InChI=1S/C13H19FO/c1-10(2)6-7-12(9-15)11-4-3-5-13(14)8-11/h3-5,8,10,12,15H,6-7,9H2,1-2H3. The van der Waals surface area contributed by atoms with Gasteiger partial charge in [-0.25, -0.2) is 4.39 Å². The average molecular weight is 210 g/mol. The van der Waals surface area contributed by atoms with Crippen molar-refractivity contribution < 1.29 is 9.50 Å². The van der Waals surface area contributed by atoms with Crippen LogP contribution in [-0.2, 0) is 0 Å². The fourth-order valence-corrected chi connectivity index (χ4v) is 1.66. The van der Waals surface area contributed by atoms with Gasteiger partial charge >= 0.3 is 0 Å². The van der Waals surface area contributed by atoms with Crippen molar-refractivity contribution in [3.8, 4) is 0 Å². The Labute approximate surface area is 90.9 Å². The maximum atomic E-state index is 13.0. The Morgan fingerprint density at radius 1 is 1.27 bits per heavy atom. The highest BCUT2D eigenvalue weighted by Crippen LogP contribution is 2.23. The second kappa shape index (κ2) is 5.86. The fourth-order valence-electron chi connectivity index (χ4n) is 1.66. The molecule has 1 N–H and O–H groups in total. The molecule has 1 rings (SSSR count). The van der Waals surface area contributed by atoms with Crippen LogP contribution in [0.15, 0.2) is 24.3 Å². The van der Waals surface area contributed by atoms with Crippen LogP contribution in [0, 0.1) is 11.7 Å². The predicted octanol–water partition coefficient (Wildman–Crippen LogP) is 3.34. The van der Waals surface area contributed by atoms with Crippen molar-refractivity contribution >= 4 is 0 Å². The van der Waals surface area contributed by atoms with Crippen LogP contribution in [0.1, 0.15) is 38.2 Å². The summed E-state index contributed by atoms with van der Waals surface area (Å²) in [6, 6.07) is 6.52. The van der Waals surface area contributed by atoms with E-state index in [2.05, 4.69) is 13.8 Å². The van der Waals surface area contributed by atoms with E-state index in [9.17, 15) is 9.50 Å². The Bertz CT molecular complexity index is 296. The first-order chi connectivity index (χ1) is 7.13. The molecule has 0 radical (unpaired) electrons. The first-order valence-corrected chi connectivity index (χ1v) is 5.49. The van der Waals surface area contributed by atoms with Crippen molar-refractivity contribution in [3.05, 3.63) is 35.6 Å². The quantitative estimate of drug-likeness (QED) is 0.790. The zero-order valence-corrected chi connectivity index (χ0v) is 9.41. The largest absolute Gasteiger partial charge is 0.396 e. The summed E-state index contributed by atoms with van der Waals surface area (Å²) in [5.74, 6) is 0.464. The lowest BCUT2D eigenvalue weighted by molar-refractivity contribution is 0.253. The molecule has 1 aromatic carbocycles. The summed E-state index contributed by atoms with van der Waals surface area (Å²) in [6.07, 6.45) is 1.97. The van der Waals surface area contributed by atoms with E-state index in [0.717, 1.165) is 18.4 Å². The van der Waals surface area contributed by atoms with Crippen LogP contribution in [0.3, 0.4) is 0 Å². The van der Waals surface area contributed by atoms with Crippen molar-refractivity contribution in [1.82, 2.24) is 0 Å². The molecule has 15 heavy (non-hydrogen) atoms. The topological polar surface area (TPSA) is 20.2 Å². The molecular formula is C13H19FO. The monoisotopic (exact) mass is 210 g/mol. The van der Waals surface area contributed by atoms with E-state index in [-0.39, 0.29) is 18.3 Å². The summed E-state index contributed by atoms with van der Waals surface area (Å²) in [5, 5.41) is 9.26. The van der Waals surface area contributed by atoms with Gasteiger partial charge in [0.05, 0.1) is 0 Å². The summed E-state index contributed by atoms with van der Waals surface area (Å²) >= 11 is 0. The molecule has 84 valence electrons. The molecule has 0 bridgehead atoms. The number of aliphatic hydroxyl groups is 1. The summed E-state index contributed by atoms with van der Waals surface area (Å²) in [4.78, 5) is 0. The number of hydrogen-bond donors (Lipinski definition) is 1. The highest BCUT2D eigenvalue weighted by Gasteiger charge is 2.11. The Morgan fingerprint density at radius 2 is 2.00 bits per heavy atom. The van der Waals surface area contributed by atoms with Gasteiger partial charge in [0.1, 0.15) is 5.82 Å². The van der Waals surface area contributed by atoms with Gasteiger partial charge in [-0.3, -0.25) is 0 Å². The van der Waals surface area contributed by atoms with Crippen molar-refractivity contribution in [3.63, 3.8) is 0 Å².